The Bertz CT molecular complexity index is 536. The van der Waals surface area contributed by atoms with Crippen molar-refractivity contribution >= 4 is 40.4 Å². The number of ether oxygens (including phenoxy) is 1. The third-order valence-corrected chi connectivity index (χ3v) is 3.08. The van der Waals surface area contributed by atoms with Gasteiger partial charge in [0.25, 0.3) is 0 Å². The second-order valence-electron chi connectivity index (χ2n) is 3.70. The monoisotopic (exact) mass is 299 g/mol. The van der Waals surface area contributed by atoms with Gasteiger partial charge in [-0.05, 0) is 24.6 Å². The van der Waals surface area contributed by atoms with E-state index in [9.17, 15) is 4.79 Å². The maximum atomic E-state index is 11.4. The van der Waals surface area contributed by atoms with Crippen LogP contribution in [0.2, 0.25) is 0 Å². The Kier molecular flexibility index (Phi) is 5.93. The molecule has 19 heavy (non-hydrogen) atoms. The van der Waals surface area contributed by atoms with Crippen molar-refractivity contribution in [3.05, 3.63) is 46.5 Å². The summed E-state index contributed by atoms with van der Waals surface area (Å²) in [6.45, 7) is 1.85. The molecule has 0 aliphatic carbocycles. The molecule has 0 saturated carbocycles. The first-order valence-electron chi connectivity index (χ1n) is 5.61. The Morgan fingerprint density at radius 2 is 2.16 bits per heavy atom. The Balaban J connectivity index is 3.22. The van der Waals surface area contributed by atoms with Gasteiger partial charge in [0.2, 0.25) is 0 Å². The standard InChI is InChI=1S/C14H15Cl2NO2/c1-3-10(12(16)6-7-15)11-5-4-9(8-13(11)17)14(18)19-2/h3-6,8H,7,17H2,1-2H3/b10-3-,12-6+. The van der Waals surface area contributed by atoms with Gasteiger partial charge in [0, 0.05) is 22.2 Å². The van der Waals surface area contributed by atoms with Gasteiger partial charge in [0.05, 0.1) is 12.7 Å². The topological polar surface area (TPSA) is 52.3 Å². The molecule has 0 atom stereocenters. The summed E-state index contributed by atoms with van der Waals surface area (Å²) < 4.78 is 4.64. The highest BCUT2D eigenvalue weighted by atomic mass is 35.5. The maximum absolute atomic E-state index is 11.4. The van der Waals surface area contributed by atoms with Crippen molar-refractivity contribution in [2.24, 2.45) is 0 Å². The molecule has 3 nitrogen and oxygen atoms in total. The average molecular weight is 300 g/mol. The van der Waals surface area contributed by atoms with E-state index < -0.39 is 5.97 Å². The van der Waals surface area contributed by atoms with Crippen molar-refractivity contribution in [3.63, 3.8) is 0 Å². The highest BCUT2D eigenvalue weighted by Crippen LogP contribution is 2.30. The van der Waals surface area contributed by atoms with Gasteiger partial charge in [-0.15, -0.1) is 11.6 Å². The first kappa shape index (κ1) is 15.6. The molecule has 0 amide bonds. The van der Waals surface area contributed by atoms with Gasteiger partial charge in [0.1, 0.15) is 0 Å². The van der Waals surface area contributed by atoms with Crippen LogP contribution in [0.4, 0.5) is 5.69 Å². The van der Waals surface area contributed by atoms with Crippen molar-refractivity contribution in [2.75, 3.05) is 18.7 Å². The molecule has 1 aromatic rings. The first-order chi connectivity index (χ1) is 9.04. The molecular formula is C14H15Cl2NO2. The minimum atomic E-state index is -0.428. The first-order valence-corrected chi connectivity index (χ1v) is 6.52. The fourth-order valence-corrected chi connectivity index (χ4v) is 2.17. The summed E-state index contributed by atoms with van der Waals surface area (Å²) in [5, 5.41) is 0.523. The number of carbonyl (C=O) groups excluding carboxylic acids is 1. The van der Waals surface area contributed by atoms with Crippen LogP contribution < -0.4 is 5.73 Å². The van der Waals surface area contributed by atoms with Gasteiger partial charge in [0.15, 0.2) is 0 Å². The molecule has 2 N–H and O–H groups in total. The third-order valence-electron chi connectivity index (χ3n) is 2.57. The highest BCUT2D eigenvalue weighted by Gasteiger charge is 2.12. The number of carbonyl (C=O) groups is 1. The maximum Gasteiger partial charge on any atom is 0.337 e. The van der Waals surface area contributed by atoms with Crippen molar-refractivity contribution < 1.29 is 9.53 Å². The quantitative estimate of drug-likeness (QED) is 0.398. The molecule has 0 spiro atoms. The number of rotatable bonds is 4. The fraction of sp³-hybridized carbons (Fsp3) is 0.214. The van der Waals surface area contributed by atoms with E-state index in [1.54, 1.807) is 24.3 Å². The van der Waals surface area contributed by atoms with E-state index in [2.05, 4.69) is 4.74 Å². The van der Waals surface area contributed by atoms with Crippen LogP contribution in [0.5, 0.6) is 0 Å². The van der Waals surface area contributed by atoms with Crippen LogP contribution in [-0.2, 0) is 4.74 Å². The van der Waals surface area contributed by atoms with Crippen molar-refractivity contribution in [3.8, 4) is 0 Å². The molecule has 0 radical (unpaired) electrons. The van der Waals surface area contributed by atoms with E-state index in [4.69, 9.17) is 28.9 Å². The summed E-state index contributed by atoms with van der Waals surface area (Å²) in [7, 11) is 1.32. The lowest BCUT2D eigenvalue weighted by molar-refractivity contribution is 0.0601. The molecule has 0 unspecified atom stereocenters. The van der Waals surface area contributed by atoms with E-state index in [0.717, 1.165) is 11.1 Å². The van der Waals surface area contributed by atoms with E-state index >= 15 is 0 Å². The molecular weight excluding hydrogens is 285 g/mol. The number of anilines is 1. The van der Waals surface area contributed by atoms with Gasteiger partial charge < -0.3 is 10.5 Å². The predicted molar refractivity (Wildman–Crippen MR) is 80.5 cm³/mol. The van der Waals surface area contributed by atoms with Crippen LogP contribution in [0, 0.1) is 0 Å². The third kappa shape index (κ3) is 3.75. The van der Waals surface area contributed by atoms with Gasteiger partial charge in [-0.2, -0.15) is 0 Å². The molecule has 0 fully saturated rings. The van der Waals surface area contributed by atoms with E-state index in [1.807, 2.05) is 13.0 Å². The number of hydrogen-bond donors (Lipinski definition) is 1. The fourth-order valence-electron chi connectivity index (χ4n) is 1.65. The number of allylic oxidation sites excluding steroid dienone is 4. The van der Waals surface area contributed by atoms with Crippen LogP contribution in [0.1, 0.15) is 22.8 Å². The van der Waals surface area contributed by atoms with Gasteiger partial charge in [-0.25, -0.2) is 4.79 Å². The second kappa shape index (κ2) is 7.22. The zero-order chi connectivity index (χ0) is 14.4. The van der Waals surface area contributed by atoms with Crippen LogP contribution in [0.15, 0.2) is 35.4 Å². The normalized spacial score (nSPS) is 12.4. The van der Waals surface area contributed by atoms with Crippen LogP contribution >= 0.6 is 23.2 Å². The summed E-state index contributed by atoms with van der Waals surface area (Å²) in [6.07, 6.45) is 3.53. The average Bonchev–Trinajstić information content (AvgIpc) is 2.40. The van der Waals surface area contributed by atoms with E-state index in [-0.39, 0.29) is 0 Å². The highest BCUT2D eigenvalue weighted by molar-refractivity contribution is 6.37. The molecule has 0 aromatic heterocycles. The molecule has 0 aliphatic rings. The molecule has 1 rings (SSSR count). The zero-order valence-electron chi connectivity index (χ0n) is 10.7. The van der Waals surface area contributed by atoms with Gasteiger partial charge in [-0.1, -0.05) is 29.8 Å². The molecule has 1 aromatic carbocycles. The summed E-state index contributed by atoms with van der Waals surface area (Å²) in [6, 6.07) is 4.95. The number of benzene rings is 1. The Morgan fingerprint density at radius 1 is 1.47 bits per heavy atom. The van der Waals surface area contributed by atoms with Crippen LogP contribution in [0.25, 0.3) is 5.57 Å². The van der Waals surface area contributed by atoms with Gasteiger partial charge >= 0.3 is 5.97 Å². The number of esters is 1. The van der Waals surface area contributed by atoms with Crippen molar-refractivity contribution in [1.82, 2.24) is 0 Å². The molecule has 0 bridgehead atoms. The molecule has 0 saturated heterocycles. The SMILES string of the molecule is C/C=C(\C(Cl)=C/CCl)c1ccc(C(=O)OC)cc1N. The van der Waals surface area contributed by atoms with Gasteiger partial charge in [-0.3, -0.25) is 0 Å². The number of nitrogens with two attached hydrogens (primary N) is 1. The van der Waals surface area contributed by atoms with Crippen LogP contribution in [0.3, 0.4) is 0 Å². The summed E-state index contributed by atoms with van der Waals surface area (Å²) in [4.78, 5) is 11.4. The van der Waals surface area contributed by atoms with E-state index in [1.165, 1.54) is 7.11 Å². The Labute approximate surface area is 122 Å². The number of hydrogen-bond acceptors (Lipinski definition) is 3. The Hall–Kier alpha value is -1.45. The summed E-state index contributed by atoms with van der Waals surface area (Å²) in [5.41, 5.74) is 8.34. The summed E-state index contributed by atoms with van der Waals surface area (Å²) >= 11 is 11.8. The van der Waals surface area contributed by atoms with E-state index in [0.29, 0.717) is 22.2 Å². The number of methoxy groups -OCH3 is 1. The van der Waals surface area contributed by atoms with Crippen molar-refractivity contribution in [1.29, 1.82) is 0 Å². The summed E-state index contributed by atoms with van der Waals surface area (Å²) in [5.74, 6) is -0.112. The Morgan fingerprint density at radius 3 is 2.63 bits per heavy atom. The number of alkyl halides is 1. The molecule has 0 aliphatic heterocycles. The second-order valence-corrected chi connectivity index (χ2v) is 4.42. The smallest absolute Gasteiger partial charge is 0.337 e. The van der Waals surface area contributed by atoms with Crippen molar-refractivity contribution in [2.45, 2.75) is 6.92 Å². The lowest BCUT2D eigenvalue weighted by Gasteiger charge is -2.11. The number of halogens is 2. The lowest BCUT2D eigenvalue weighted by atomic mass is 10.0. The zero-order valence-corrected chi connectivity index (χ0v) is 12.3. The minimum absolute atomic E-state index is 0.316. The molecule has 0 heterocycles. The lowest BCUT2D eigenvalue weighted by Crippen LogP contribution is -2.03. The number of nitrogen functional groups attached to an aromatic ring is 1. The van der Waals surface area contributed by atoms with Crippen LogP contribution in [-0.4, -0.2) is 19.0 Å². The molecule has 5 heteroatoms. The minimum Gasteiger partial charge on any atom is -0.465 e. The largest absolute Gasteiger partial charge is 0.465 e. The molecule has 102 valence electrons. The predicted octanol–water partition coefficient (Wildman–Crippen LogP) is 3.82.